The second-order valence-electron chi connectivity index (χ2n) is 8.92. The maximum atomic E-state index is 12.8. The molecule has 35 heavy (non-hydrogen) atoms. The van der Waals surface area contributed by atoms with Crippen LogP contribution in [0.25, 0.3) is 11.0 Å². The summed E-state index contributed by atoms with van der Waals surface area (Å²) in [5, 5.41) is 3.42. The lowest BCUT2D eigenvalue weighted by Crippen LogP contribution is -2.32. The van der Waals surface area contributed by atoms with Crippen LogP contribution in [0, 0.1) is 6.92 Å². The number of carbonyl (C=O) groups is 1. The summed E-state index contributed by atoms with van der Waals surface area (Å²) in [6.45, 7) is 5.52. The minimum Gasteiger partial charge on any atom is -0.493 e. The zero-order valence-electron chi connectivity index (χ0n) is 20.7. The Labute approximate surface area is 202 Å². The van der Waals surface area contributed by atoms with Gasteiger partial charge in [0.2, 0.25) is 5.75 Å². The van der Waals surface area contributed by atoms with Crippen LogP contribution in [0.3, 0.4) is 0 Å². The smallest absolute Gasteiger partial charge is 0.336 e. The molecule has 0 spiro atoms. The third-order valence-corrected chi connectivity index (χ3v) is 5.91. The Kier molecular flexibility index (Phi) is 6.51. The molecular formula is C26H29NO8. The third kappa shape index (κ3) is 4.84. The van der Waals surface area contributed by atoms with Gasteiger partial charge in [0, 0.05) is 35.5 Å². The van der Waals surface area contributed by atoms with E-state index < -0.39 is 11.5 Å². The number of amides is 1. The Bertz CT molecular complexity index is 1320. The molecule has 1 N–H and O–H groups in total. The fourth-order valence-corrected chi connectivity index (χ4v) is 4.23. The number of ether oxygens (including phenoxy) is 5. The van der Waals surface area contributed by atoms with E-state index in [1.165, 1.54) is 27.4 Å². The maximum Gasteiger partial charge on any atom is 0.336 e. The van der Waals surface area contributed by atoms with E-state index in [1.807, 2.05) is 20.8 Å². The number of aryl methyl sites for hydroxylation is 2. The second kappa shape index (κ2) is 9.40. The van der Waals surface area contributed by atoms with Crippen LogP contribution in [0.15, 0.2) is 33.5 Å². The first-order valence-corrected chi connectivity index (χ1v) is 11.2. The lowest BCUT2D eigenvalue weighted by Gasteiger charge is -2.33. The van der Waals surface area contributed by atoms with E-state index >= 15 is 0 Å². The molecule has 0 bridgehead atoms. The molecule has 1 amide bonds. The molecule has 3 aromatic rings. The summed E-state index contributed by atoms with van der Waals surface area (Å²) < 4.78 is 33.6. The molecular weight excluding hydrogens is 454 g/mol. The van der Waals surface area contributed by atoms with E-state index in [0.717, 1.165) is 12.0 Å². The van der Waals surface area contributed by atoms with Crippen LogP contribution in [0.4, 0.5) is 5.69 Å². The highest BCUT2D eigenvalue weighted by Crippen LogP contribution is 2.43. The van der Waals surface area contributed by atoms with E-state index in [4.69, 9.17) is 28.1 Å². The van der Waals surface area contributed by atoms with Gasteiger partial charge in [-0.3, -0.25) is 4.79 Å². The van der Waals surface area contributed by atoms with Crippen molar-refractivity contribution in [2.75, 3.05) is 33.3 Å². The minimum absolute atomic E-state index is 0.285. The highest BCUT2D eigenvalue weighted by atomic mass is 16.5. The Morgan fingerprint density at radius 1 is 1.03 bits per heavy atom. The van der Waals surface area contributed by atoms with Crippen molar-refractivity contribution in [1.29, 1.82) is 0 Å². The van der Waals surface area contributed by atoms with Gasteiger partial charge in [0.1, 0.15) is 22.7 Å². The largest absolute Gasteiger partial charge is 0.493 e. The number of anilines is 1. The van der Waals surface area contributed by atoms with Crippen molar-refractivity contribution in [3.05, 3.63) is 45.8 Å². The molecule has 1 aliphatic rings. The van der Waals surface area contributed by atoms with Crippen LogP contribution in [0.1, 0.15) is 31.4 Å². The minimum atomic E-state index is -0.445. The van der Waals surface area contributed by atoms with Gasteiger partial charge < -0.3 is 33.4 Å². The SMILES string of the molecule is COc1cc(NC(=O)COc2cc3c(c4oc(=O)cc(C)c24)CCC(C)(C)O3)cc(OC)c1OC. The Hall–Kier alpha value is -3.88. The van der Waals surface area contributed by atoms with Crippen LogP contribution in [0.5, 0.6) is 28.7 Å². The van der Waals surface area contributed by atoms with Gasteiger partial charge in [-0.2, -0.15) is 0 Å². The van der Waals surface area contributed by atoms with Crippen molar-refractivity contribution in [1.82, 2.24) is 0 Å². The molecule has 186 valence electrons. The molecule has 0 saturated heterocycles. The topological polar surface area (TPSA) is 105 Å². The molecule has 9 nitrogen and oxygen atoms in total. The fourth-order valence-electron chi connectivity index (χ4n) is 4.23. The van der Waals surface area contributed by atoms with Crippen molar-refractivity contribution in [3.8, 4) is 28.7 Å². The predicted octanol–water partition coefficient (Wildman–Crippen LogP) is 4.25. The number of methoxy groups -OCH3 is 3. The predicted molar refractivity (Wildman–Crippen MR) is 130 cm³/mol. The quantitative estimate of drug-likeness (QED) is 0.498. The second-order valence-corrected chi connectivity index (χ2v) is 8.92. The maximum absolute atomic E-state index is 12.8. The summed E-state index contributed by atoms with van der Waals surface area (Å²) in [7, 11) is 4.50. The summed E-state index contributed by atoms with van der Waals surface area (Å²) >= 11 is 0. The van der Waals surface area contributed by atoms with Crippen molar-refractivity contribution < 1.29 is 32.9 Å². The lowest BCUT2D eigenvalue weighted by molar-refractivity contribution is -0.118. The van der Waals surface area contributed by atoms with E-state index in [1.54, 1.807) is 18.2 Å². The molecule has 0 aliphatic carbocycles. The van der Waals surface area contributed by atoms with Gasteiger partial charge in [-0.05, 0) is 39.2 Å². The standard InChI is InChI=1S/C26H29NO8/c1-14-9-22(29)34-24-16-7-8-26(2,3)35-17(16)12-18(23(14)24)33-13-21(28)27-15-10-19(30-4)25(32-6)20(11-15)31-5/h9-12H,7-8,13H2,1-6H3,(H,27,28). The number of fused-ring (bicyclic) bond motifs is 3. The van der Waals surface area contributed by atoms with E-state index in [2.05, 4.69) is 5.32 Å². The van der Waals surface area contributed by atoms with Gasteiger partial charge in [0.05, 0.1) is 26.7 Å². The number of carbonyl (C=O) groups excluding carboxylic acids is 1. The molecule has 2 heterocycles. The van der Waals surface area contributed by atoms with Gasteiger partial charge in [0.15, 0.2) is 18.1 Å². The van der Waals surface area contributed by atoms with Crippen LogP contribution >= 0.6 is 0 Å². The van der Waals surface area contributed by atoms with Gasteiger partial charge >= 0.3 is 5.63 Å². The molecule has 0 fully saturated rings. The summed E-state index contributed by atoms with van der Waals surface area (Å²) in [5.41, 5.74) is 1.60. The highest BCUT2D eigenvalue weighted by Gasteiger charge is 2.30. The van der Waals surface area contributed by atoms with Gasteiger partial charge in [-0.15, -0.1) is 0 Å². The normalized spacial score (nSPS) is 14.0. The molecule has 9 heteroatoms. The third-order valence-electron chi connectivity index (χ3n) is 5.91. The molecule has 0 atom stereocenters. The molecule has 0 radical (unpaired) electrons. The van der Waals surface area contributed by atoms with E-state index in [9.17, 15) is 9.59 Å². The molecule has 0 unspecified atom stereocenters. The molecule has 0 saturated carbocycles. The number of benzene rings is 2. The number of rotatable bonds is 7. The first-order valence-electron chi connectivity index (χ1n) is 11.2. The summed E-state index contributed by atoms with van der Waals surface area (Å²) in [6.07, 6.45) is 1.48. The summed E-state index contributed by atoms with van der Waals surface area (Å²) in [4.78, 5) is 24.9. The van der Waals surface area contributed by atoms with Crippen molar-refractivity contribution in [2.45, 2.75) is 39.2 Å². The monoisotopic (exact) mass is 483 g/mol. The van der Waals surface area contributed by atoms with E-state index in [0.29, 0.717) is 57.4 Å². The van der Waals surface area contributed by atoms with Gasteiger partial charge in [-0.25, -0.2) is 4.79 Å². The Morgan fingerprint density at radius 2 is 1.71 bits per heavy atom. The zero-order chi connectivity index (χ0) is 25.3. The average molecular weight is 484 g/mol. The molecule has 4 rings (SSSR count). The van der Waals surface area contributed by atoms with Crippen molar-refractivity contribution >= 4 is 22.6 Å². The molecule has 1 aliphatic heterocycles. The van der Waals surface area contributed by atoms with Crippen molar-refractivity contribution in [3.63, 3.8) is 0 Å². The molecule has 1 aromatic heterocycles. The zero-order valence-corrected chi connectivity index (χ0v) is 20.7. The summed E-state index contributed by atoms with van der Waals surface area (Å²) in [5.74, 6) is 1.83. The first-order chi connectivity index (χ1) is 16.7. The number of hydrogen-bond donors (Lipinski definition) is 1. The van der Waals surface area contributed by atoms with E-state index in [-0.39, 0.29) is 12.2 Å². The molecule has 2 aromatic carbocycles. The highest BCUT2D eigenvalue weighted by molar-refractivity contribution is 5.94. The van der Waals surface area contributed by atoms with Crippen LogP contribution in [-0.4, -0.2) is 39.4 Å². The van der Waals surface area contributed by atoms with Gasteiger partial charge in [-0.1, -0.05) is 0 Å². The van der Waals surface area contributed by atoms with Crippen LogP contribution < -0.4 is 34.6 Å². The Morgan fingerprint density at radius 3 is 2.34 bits per heavy atom. The first kappa shape index (κ1) is 24.3. The average Bonchev–Trinajstić information content (AvgIpc) is 2.80. The number of nitrogens with one attached hydrogen (secondary N) is 1. The fraction of sp³-hybridized carbons (Fsp3) is 0.385. The van der Waals surface area contributed by atoms with Crippen LogP contribution in [0.2, 0.25) is 0 Å². The number of hydrogen-bond acceptors (Lipinski definition) is 8. The summed E-state index contributed by atoms with van der Waals surface area (Å²) in [6, 6.07) is 6.42. The van der Waals surface area contributed by atoms with Crippen LogP contribution in [-0.2, 0) is 11.2 Å². The Balaban J connectivity index is 1.62. The van der Waals surface area contributed by atoms with Gasteiger partial charge in [0.25, 0.3) is 5.91 Å². The van der Waals surface area contributed by atoms with Crippen molar-refractivity contribution in [2.24, 2.45) is 0 Å². The lowest BCUT2D eigenvalue weighted by atomic mass is 9.92.